The van der Waals surface area contributed by atoms with E-state index in [4.69, 9.17) is 11.6 Å². The number of Topliss-reactive ketones (excluding diaryl/α,β-unsaturated/α-hetero) is 1. The van der Waals surface area contributed by atoms with E-state index in [1.165, 1.54) is 0 Å². The third kappa shape index (κ3) is 2.82. The molecule has 3 heteroatoms. The maximum atomic E-state index is 13.3. The topological polar surface area (TPSA) is 37.3 Å². The van der Waals surface area contributed by atoms with Crippen LogP contribution < -0.4 is 0 Å². The second-order valence-corrected chi connectivity index (χ2v) is 7.28. The van der Waals surface area contributed by atoms with Crippen LogP contribution in [0.1, 0.15) is 23.6 Å². The first-order chi connectivity index (χ1) is 13.0. The Morgan fingerprint density at radius 3 is 1.96 bits per heavy atom. The quantitative estimate of drug-likeness (QED) is 0.670. The van der Waals surface area contributed by atoms with Crippen molar-refractivity contribution in [1.29, 1.82) is 0 Å². The lowest BCUT2D eigenvalue weighted by molar-refractivity contribution is -0.121. The minimum Gasteiger partial charge on any atom is -0.380 e. The summed E-state index contributed by atoms with van der Waals surface area (Å²) in [5.41, 5.74) is 2.13. The van der Waals surface area contributed by atoms with Gasteiger partial charge in [0.15, 0.2) is 5.78 Å². The van der Waals surface area contributed by atoms with E-state index >= 15 is 0 Å². The van der Waals surface area contributed by atoms with Crippen molar-refractivity contribution < 1.29 is 9.90 Å². The van der Waals surface area contributed by atoms with Gasteiger partial charge in [-0.1, -0.05) is 91.3 Å². The molecule has 4 rings (SSSR count). The second kappa shape index (κ2) is 6.80. The number of carbonyl (C=O) groups excluding carboxylic acids is 1. The van der Waals surface area contributed by atoms with Gasteiger partial charge in [0, 0.05) is 16.2 Å². The Labute approximate surface area is 163 Å². The molecule has 2 nitrogen and oxygen atoms in total. The molecule has 0 unspecified atom stereocenters. The van der Waals surface area contributed by atoms with Gasteiger partial charge in [0.25, 0.3) is 0 Å². The minimum absolute atomic E-state index is 0.0671. The van der Waals surface area contributed by atoms with E-state index in [0.29, 0.717) is 21.7 Å². The number of halogens is 1. The van der Waals surface area contributed by atoms with Crippen molar-refractivity contribution in [2.75, 3.05) is 0 Å². The molecule has 0 radical (unpaired) electrons. The standard InChI is InChI=1S/C24H19ClO2/c1-16-23(26)21(17-12-14-20(25)15-13-17)22(18-8-4-2-5-9-18)24(16,27)19-10-6-3-7-11-19/h2-16,27H,1H3/t16-,24+/m1/s1. The summed E-state index contributed by atoms with van der Waals surface area (Å²) in [5, 5.41) is 12.5. The highest BCUT2D eigenvalue weighted by atomic mass is 35.5. The number of rotatable bonds is 3. The summed E-state index contributed by atoms with van der Waals surface area (Å²) in [4.78, 5) is 13.3. The summed E-state index contributed by atoms with van der Waals surface area (Å²) in [5.74, 6) is -0.664. The van der Waals surface area contributed by atoms with E-state index in [-0.39, 0.29) is 5.78 Å². The van der Waals surface area contributed by atoms with E-state index in [2.05, 4.69) is 0 Å². The van der Waals surface area contributed by atoms with Gasteiger partial charge in [-0.15, -0.1) is 0 Å². The number of hydrogen-bond acceptors (Lipinski definition) is 2. The molecule has 0 fully saturated rings. The van der Waals surface area contributed by atoms with Crippen LogP contribution in [-0.2, 0) is 10.4 Å². The van der Waals surface area contributed by atoms with Crippen molar-refractivity contribution in [3.8, 4) is 0 Å². The van der Waals surface area contributed by atoms with E-state index in [9.17, 15) is 9.90 Å². The van der Waals surface area contributed by atoms with Crippen molar-refractivity contribution in [3.05, 3.63) is 107 Å². The van der Waals surface area contributed by atoms with Gasteiger partial charge in [-0.05, 0) is 28.8 Å². The number of aliphatic hydroxyl groups is 1. The summed E-state index contributed by atoms with van der Waals surface area (Å²) in [6.07, 6.45) is 0. The molecule has 1 aliphatic carbocycles. The first-order valence-electron chi connectivity index (χ1n) is 8.91. The lowest BCUT2D eigenvalue weighted by atomic mass is 9.78. The van der Waals surface area contributed by atoms with Crippen LogP contribution in [0.2, 0.25) is 5.02 Å². The van der Waals surface area contributed by atoms with E-state index in [1.54, 1.807) is 19.1 Å². The molecule has 0 bridgehead atoms. The Balaban J connectivity index is 2.05. The maximum Gasteiger partial charge on any atom is 0.170 e. The zero-order valence-corrected chi connectivity index (χ0v) is 15.6. The highest BCUT2D eigenvalue weighted by molar-refractivity contribution is 6.34. The van der Waals surface area contributed by atoms with Crippen LogP contribution in [0.5, 0.6) is 0 Å². The molecule has 0 saturated heterocycles. The van der Waals surface area contributed by atoms with E-state index < -0.39 is 11.5 Å². The Hall–Kier alpha value is -2.68. The molecule has 0 amide bonds. The summed E-state index contributed by atoms with van der Waals surface area (Å²) >= 11 is 6.04. The molecule has 0 aromatic heterocycles. The number of ketones is 1. The van der Waals surface area contributed by atoms with Crippen LogP contribution in [0.15, 0.2) is 84.9 Å². The average Bonchev–Trinajstić information content (AvgIpc) is 2.92. The average molecular weight is 375 g/mol. The largest absolute Gasteiger partial charge is 0.380 e. The highest BCUT2D eigenvalue weighted by Gasteiger charge is 2.52. The molecule has 0 spiro atoms. The van der Waals surface area contributed by atoms with Crippen molar-refractivity contribution in [2.45, 2.75) is 12.5 Å². The predicted octanol–water partition coefficient (Wildman–Crippen LogP) is 5.36. The van der Waals surface area contributed by atoms with Crippen LogP contribution in [0, 0.1) is 5.92 Å². The SMILES string of the molecule is C[C@@H]1C(=O)C(c2ccc(Cl)cc2)=C(c2ccccc2)[C@@]1(O)c1ccccc1. The van der Waals surface area contributed by atoms with Crippen LogP contribution in [0.25, 0.3) is 11.1 Å². The Kier molecular flexibility index (Phi) is 4.47. The Morgan fingerprint density at radius 1 is 0.815 bits per heavy atom. The van der Waals surface area contributed by atoms with Gasteiger partial charge in [-0.3, -0.25) is 4.79 Å². The van der Waals surface area contributed by atoms with Crippen molar-refractivity contribution >= 4 is 28.5 Å². The van der Waals surface area contributed by atoms with Crippen LogP contribution in [-0.4, -0.2) is 10.9 Å². The fourth-order valence-electron chi connectivity index (χ4n) is 3.90. The van der Waals surface area contributed by atoms with Crippen LogP contribution in [0.4, 0.5) is 0 Å². The first-order valence-corrected chi connectivity index (χ1v) is 9.29. The summed E-state index contributed by atoms with van der Waals surface area (Å²) < 4.78 is 0. The highest BCUT2D eigenvalue weighted by Crippen LogP contribution is 2.53. The minimum atomic E-state index is -1.39. The van der Waals surface area contributed by atoms with Crippen LogP contribution >= 0.6 is 11.6 Å². The molecule has 0 aliphatic heterocycles. The number of benzene rings is 3. The van der Waals surface area contributed by atoms with Crippen molar-refractivity contribution in [3.63, 3.8) is 0 Å². The second-order valence-electron chi connectivity index (χ2n) is 6.84. The monoisotopic (exact) mass is 374 g/mol. The normalized spacial score (nSPS) is 22.3. The van der Waals surface area contributed by atoms with Gasteiger partial charge in [-0.2, -0.15) is 0 Å². The van der Waals surface area contributed by atoms with Crippen LogP contribution in [0.3, 0.4) is 0 Å². The molecule has 3 aromatic rings. The van der Waals surface area contributed by atoms with Gasteiger partial charge in [-0.25, -0.2) is 0 Å². The smallest absolute Gasteiger partial charge is 0.170 e. The Morgan fingerprint density at radius 2 is 1.37 bits per heavy atom. The lowest BCUT2D eigenvalue weighted by Gasteiger charge is -2.31. The Bertz CT molecular complexity index is 1010. The molecule has 1 aliphatic rings. The summed E-state index contributed by atoms with van der Waals surface area (Å²) in [6, 6.07) is 26.2. The van der Waals surface area contributed by atoms with Crippen molar-refractivity contribution in [2.24, 2.45) is 5.92 Å². The molecular weight excluding hydrogens is 356 g/mol. The molecule has 3 aromatic carbocycles. The molecule has 27 heavy (non-hydrogen) atoms. The zero-order chi connectivity index (χ0) is 19.0. The van der Waals surface area contributed by atoms with Gasteiger partial charge in [0.1, 0.15) is 5.60 Å². The van der Waals surface area contributed by atoms with Gasteiger partial charge in [0.05, 0.1) is 5.92 Å². The molecule has 2 atom stereocenters. The maximum absolute atomic E-state index is 13.3. The lowest BCUT2D eigenvalue weighted by Crippen LogP contribution is -2.33. The number of hydrogen-bond donors (Lipinski definition) is 1. The predicted molar refractivity (Wildman–Crippen MR) is 109 cm³/mol. The summed E-state index contributed by atoms with van der Waals surface area (Å²) in [7, 11) is 0. The third-order valence-corrected chi connectivity index (χ3v) is 5.56. The van der Waals surface area contributed by atoms with Gasteiger partial charge < -0.3 is 5.11 Å². The molecule has 0 saturated carbocycles. The summed E-state index contributed by atoms with van der Waals surface area (Å²) in [6.45, 7) is 1.79. The third-order valence-electron chi connectivity index (χ3n) is 5.31. The molecule has 1 N–H and O–H groups in total. The van der Waals surface area contributed by atoms with E-state index in [0.717, 1.165) is 11.1 Å². The fraction of sp³-hybridized carbons (Fsp3) is 0.125. The van der Waals surface area contributed by atoms with Gasteiger partial charge in [0.2, 0.25) is 0 Å². The molecular formula is C24H19ClO2. The molecule has 0 heterocycles. The number of allylic oxidation sites excluding steroid dienone is 1. The number of carbonyl (C=O) groups is 1. The zero-order valence-electron chi connectivity index (χ0n) is 14.9. The van der Waals surface area contributed by atoms with E-state index in [1.807, 2.05) is 72.8 Å². The first kappa shape index (κ1) is 17.7. The van der Waals surface area contributed by atoms with Crippen molar-refractivity contribution in [1.82, 2.24) is 0 Å². The molecule has 134 valence electrons. The fourth-order valence-corrected chi connectivity index (χ4v) is 4.02. The van der Waals surface area contributed by atoms with Gasteiger partial charge >= 0.3 is 0 Å².